The average Bonchev–Trinajstić information content (AvgIpc) is 3.33. The van der Waals surface area contributed by atoms with Gasteiger partial charge in [0.15, 0.2) is 11.9 Å². The highest BCUT2D eigenvalue weighted by molar-refractivity contribution is 5.97. The summed E-state index contributed by atoms with van der Waals surface area (Å²) >= 11 is 0. The number of guanidine groups is 2. The first-order valence-electron chi connectivity index (χ1n) is 24.7. The summed E-state index contributed by atoms with van der Waals surface area (Å²) in [6.45, 7) is 5.25. The summed E-state index contributed by atoms with van der Waals surface area (Å²) in [4.78, 5) is 119. The Morgan fingerprint density at radius 2 is 1.05 bits per heavy atom. The number of phenolic OH excluding ortho intramolecular Hbond substituents is 1. The molecule has 0 radical (unpaired) electrons. The molecule has 0 bridgehead atoms. The molecule has 24 N–H and O–H groups in total. The van der Waals surface area contributed by atoms with Gasteiger partial charge >= 0.3 is 0 Å². The Balaban J connectivity index is 3.48. The van der Waals surface area contributed by atoms with E-state index in [0.29, 0.717) is 37.7 Å². The van der Waals surface area contributed by atoms with Crippen LogP contribution in [0.1, 0.15) is 90.5 Å². The first-order chi connectivity index (χ1) is 34.6. The Hall–Kier alpha value is -6.84. The smallest absolute Gasteiger partial charge is 0.245 e. The quantitative estimate of drug-likeness (QED) is 0.0168. The van der Waals surface area contributed by atoms with Crippen molar-refractivity contribution in [3.8, 4) is 5.75 Å². The van der Waals surface area contributed by atoms with Crippen LogP contribution in [0.15, 0.2) is 34.3 Å². The zero-order chi connectivity index (χ0) is 55.0. The lowest BCUT2D eigenvalue weighted by molar-refractivity contribution is -0.140. The summed E-state index contributed by atoms with van der Waals surface area (Å²) in [7, 11) is 0. The lowest BCUT2D eigenvalue weighted by atomic mass is 10.0. The van der Waals surface area contributed by atoms with E-state index in [4.69, 9.17) is 51.6 Å². The fourth-order valence-corrected chi connectivity index (χ4v) is 7.28. The minimum Gasteiger partial charge on any atom is -0.508 e. The normalized spacial score (nSPS) is 13.4. The summed E-state index contributed by atoms with van der Waals surface area (Å²) in [6.07, 6.45) is 2.47. The molecule has 412 valence electrons. The molecule has 27 heteroatoms. The zero-order valence-corrected chi connectivity index (χ0v) is 42.7. The van der Waals surface area contributed by atoms with Gasteiger partial charge < -0.3 is 93.1 Å². The molecule has 0 heterocycles. The highest BCUT2D eigenvalue weighted by Crippen LogP contribution is 2.14. The molecular formula is C46H84N18O9. The van der Waals surface area contributed by atoms with E-state index in [9.17, 15) is 43.5 Å². The van der Waals surface area contributed by atoms with Gasteiger partial charge in [0.1, 0.15) is 36.0 Å². The predicted octanol–water partition coefficient (Wildman–Crippen LogP) is -5.17. The van der Waals surface area contributed by atoms with Crippen molar-refractivity contribution in [3.05, 3.63) is 29.8 Å². The number of nitrogens with two attached hydrogens (primary N) is 9. The van der Waals surface area contributed by atoms with E-state index in [1.165, 1.54) is 34.1 Å². The van der Waals surface area contributed by atoms with Gasteiger partial charge in [-0.1, -0.05) is 39.3 Å². The molecule has 0 aliphatic carbocycles. The molecular weight excluding hydrogens is 949 g/mol. The Morgan fingerprint density at radius 3 is 1.56 bits per heavy atom. The third kappa shape index (κ3) is 26.4. The maximum absolute atomic E-state index is 14.2. The van der Waals surface area contributed by atoms with E-state index in [1.807, 2.05) is 13.8 Å². The molecule has 1 aromatic rings. The molecule has 73 heavy (non-hydrogen) atoms. The van der Waals surface area contributed by atoms with Crippen molar-refractivity contribution >= 4 is 59.2 Å². The van der Waals surface area contributed by atoms with Gasteiger partial charge in [0.2, 0.25) is 47.3 Å². The zero-order valence-electron chi connectivity index (χ0n) is 42.7. The molecule has 27 nitrogen and oxygen atoms in total. The van der Waals surface area contributed by atoms with Gasteiger partial charge in [-0.2, -0.15) is 0 Å². The van der Waals surface area contributed by atoms with Gasteiger partial charge in [0.05, 0.1) is 19.1 Å². The summed E-state index contributed by atoms with van der Waals surface area (Å²) in [6, 6.07) is -1.67. The lowest BCUT2D eigenvalue weighted by Gasteiger charge is -2.29. The summed E-state index contributed by atoms with van der Waals surface area (Å²) in [5, 5.41) is 23.3. The number of nitrogens with zero attached hydrogens (tertiary/aromatic N) is 4. The van der Waals surface area contributed by atoms with Crippen LogP contribution in [0.25, 0.3) is 0 Å². The first-order valence-corrected chi connectivity index (χ1v) is 24.7. The summed E-state index contributed by atoms with van der Waals surface area (Å²) in [5.74, 6) is -6.07. The minimum absolute atomic E-state index is 0.00884. The maximum atomic E-state index is 14.2. The second kappa shape index (κ2) is 35.3. The number of aliphatic imine (C=N–C) groups is 2. The van der Waals surface area contributed by atoms with E-state index in [2.05, 4.69) is 36.6 Å². The van der Waals surface area contributed by atoms with Crippen LogP contribution in [0.3, 0.4) is 0 Å². The first kappa shape index (κ1) is 64.2. The van der Waals surface area contributed by atoms with Gasteiger partial charge in [-0.15, -0.1) is 0 Å². The molecule has 0 aliphatic heterocycles. The van der Waals surface area contributed by atoms with E-state index >= 15 is 0 Å². The molecule has 1 unspecified atom stereocenters. The molecule has 0 saturated heterocycles. The number of nitrogens with one attached hydrogen (secondary N) is 5. The standard InChI is InChI=1S/C46H84N18O9/c1-4-9-32(59-40(69)33(11-6-21-57-46(54)55)58-38(67)27-64(23-8-19-48)43(72)31(50)10-5-20-56-45(52)53)39(68)61-35(24-29-13-15-30(65)16-14-29)41(70)62-36(25-49)42(71)60-34(17-12-28(2)3)44(73)63(22-7-18-47)26-37(51)66/h13-16,28,31-36,65H,4-12,17-27,47-50H2,1-3H3,(H2,51,66)(H,58,67)(H,59,69)(H,60,71)(H,61,68)(H,62,70)(H4,52,53,56)(H4,54,55,57)/t31-,32-,33-,34?,35-,36-/m0/s1. The van der Waals surface area contributed by atoms with Crippen molar-refractivity contribution in [2.75, 3.05) is 58.9 Å². The van der Waals surface area contributed by atoms with Crippen LogP contribution in [0, 0.1) is 5.92 Å². The van der Waals surface area contributed by atoms with Crippen LogP contribution < -0.4 is 78.2 Å². The van der Waals surface area contributed by atoms with Crippen LogP contribution in [0.2, 0.25) is 0 Å². The third-order valence-corrected chi connectivity index (χ3v) is 11.2. The molecule has 0 saturated carbocycles. The fourth-order valence-electron chi connectivity index (χ4n) is 7.28. The predicted molar refractivity (Wildman–Crippen MR) is 277 cm³/mol. The number of aromatic hydroxyl groups is 1. The molecule has 0 aromatic heterocycles. The third-order valence-electron chi connectivity index (χ3n) is 11.2. The monoisotopic (exact) mass is 1030 g/mol. The average molecular weight is 1030 g/mol. The van der Waals surface area contributed by atoms with Crippen molar-refractivity contribution in [2.45, 2.75) is 128 Å². The van der Waals surface area contributed by atoms with E-state index < -0.39 is 103 Å². The Labute approximate surface area is 427 Å². The minimum atomic E-state index is -1.42. The molecule has 0 spiro atoms. The van der Waals surface area contributed by atoms with Crippen molar-refractivity contribution in [1.82, 2.24) is 36.4 Å². The highest BCUT2D eigenvalue weighted by Gasteiger charge is 2.34. The van der Waals surface area contributed by atoms with E-state index in [1.54, 1.807) is 6.92 Å². The number of primary amides is 1. The molecule has 1 rings (SSSR count). The van der Waals surface area contributed by atoms with Crippen LogP contribution in [0.5, 0.6) is 5.75 Å². The Bertz CT molecular complexity index is 1960. The molecule has 8 amide bonds. The van der Waals surface area contributed by atoms with Gasteiger partial charge in [-0.3, -0.25) is 48.3 Å². The number of rotatable bonds is 37. The van der Waals surface area contributed by atoms with Crippen molar-refractivity contribution < 1.29 is 43.5 Å². The second-order valence-electron chi connectivity index (χ2n) is 18.0. The van der Waals surface area contributed by atoms with Crippen molar-refractivity contribution in [2.24, 2.45) is 67.5 Å². The number of phenols is 1. The number of hydrogen-bond acceptors (Lipinski definition) is 15. The summed E-state index contributed by atoms with van der Waals surface area (Å²) in [5.41, 5.74) is 51.3. The number of carbonyl (C=O) groups excluding carboxylic acids is 8. The van der Waals surface area contributed by atoms with Crippen LogP contribution >= 0.6 is 0 Å². The van der Waals surface area contributed by atoms with Crippen LogP contribution in [-0.2, 0) is 44.8 Å². The lowest BCUT2D eigenvalue weighted by Crippen LogP contribution is -2.61. The number of amides is 8. The topological polar surface area (TPSA) is 482 Å². The number of carbonyl (C=O) groups is 8. The van der Waals surface area contributed by atoms with Crippen LogP contribution in [-0.4, -0.2) is 169 Å². The SMILES string of the molecule is CCC[C@H](NC(=O)[C@H](CCCN=C(N)N)NC(=O)CN(CCCN)C(=O)[C@@H](N)CCCN=C(N)N)C(=O)N[C@@H](Cc1ccc(O)cc1)C(=O)N[C@@H](CN)C(=O)NC(CCC(C)C)C(=O)N(CCCN)CC(N)=O. The van der Waals surface area contributed by atoms with Gasteiger partial charge in [0.25, 0.3) is 0 Å². The molecule has 0 fully saturated rings. The van der Waals surface area contributed by atoms with Gasteiger partial charge in [-0.25, -0.2) is 0 Å². The maximum Gasteiger partial charge on any atom is 0.245 e. The number of hydrogen-bond donors (Lipinski definition) is 15. The van der Waals surface area contributed by atoms with Gasteiger partial charge in [-0.05, 0) is 94.5 Å². The number of benzene rings is 1. The van der Waals surface area contributed by atoms with E-state index in [0.717, 1.165) is 0 Å². The van der Waals surface area contributed by atoms with E-state index in [-0.39, 0.29) is 101 Å². The van der Waals surface area contributed by atoms with Crippen LogP contribution in [0.4, 0.5) is 0 Å². The molecule has 0 aliphatic rings. The fraction of sp³-hybridized carbons (Fsp3) is 0.652. The molecule has 1 aromatic carbocycles. The van der Waals surface area contributed by atoms with Crippen molar-refractivity contribution in [1.29, 1.82) is 0 Å². The Kier molecular flexibility index (Phi) is 31.0. The Morgan fingerprint density at radius 1 is 0.575 bits per heavy atom. The second-order valence-corrected chi connectivity index (χ2v) is 18.0. The van der Waals surface area contributed by atoms with Gasteiger partial charge in [0, 0.05) is 39.1 Å². The highest BCUT2D eigenvalue weighted by atomic mass is 16.3. The largest absolute Gasteiger partial charge is 0.508 e. The summed E-state index contributed by atoms with van der Waals surface area (Å²) < 4.78 is 0. The molecule has 6 atom stereocenters. The van der Waals surface area contributed by atoms with Crippen molar-refractivity contribution in [3.63, 3.8) is 0 Å².